The number of hydrogen-bond donors (Lipinski definition) is 1. The normalized spacial score (nSPS) is 22.0. The molecule has 0 saturated carbocycles. The van der Waals surface area contributed by atoms with Gasteiger partial charge in [0.15, 0.2) is 0 Å². The number of nitrogens with zero attached hydrogens (tertiary/aromatic N) is 3. The van der Waals surface area contributed by atoms with Crippen molar-refractivity contribution in [2.75, 3.05) is 18.0 Å². The van der Waals surface area contributed by atoms with Crippen LogP contribution in [0, 0.1) is 0 Å². The van der Waals surface area contributed by atoms with Crippen LogP contribution >= 0.6 is 0 Å². The monoisotopic (exact) mass is 270 g/mol. The Hall–Kier alpha value is -1.88. The predicted octanol–water partition coefficient (Wildman–Crippen LogP) is 2.06. The molecule has 1 atom stereocenters. The molecule has 0 amide bonds. The summed E-state index contributed by atoms with van der Waals surface area (Å²) in [4.78, 5) is 6.77. The van der Waals surface area contributed by atoms with E-state index in [1.807, 2.05) is 0 Å². The summed E-state index contributed by atoms with van der Waals surface area (Å²) < 4.78 is 5.47. The van der Waals surface area contributed by atoms with Crippen molar-refractivity contribution in [1.29, 1.82) is 0 Å². The number of nitrogens with one attached hydrogen (secondary N) is 1. The van der Waals surface area contributed by atoms with Crippen molar-refractivity contribution in [2.24, 2.45) is 0 Å². The van der Waals surface area contributed by atoms with Gasteiger partial charge in [-0.25, -0.2) is 0 Å². The Balaban J connectivity index is 1.54. The Bertz CT molecular complexity index is 603. The predicted molar refractivity (Wildman–Crippen MR) is 75.5 cm³/mol. The second-order valence-corrected chi connectivity index (χ2v) is 5.53. The first kappa shape index (κ1) is 11.9. The molecule has 5 nitrogen and oxygen atoms in total. The minimum atomic E-state index is 0.133. The molecule has 3 heterocycles. The molecular weight excluding hydrogens is 252 g/mol. The van der Waals surface area contributed by atoms with Gasteiger partial charge in [-0.05, 0) is 35.5 Å². The zero-order chi connectivity index (χ0) is 13.4. The lowest BCUT2D eigenvalue weighted by Crippen LogP contribution is -2.28. The molecule has 5 heteroatoms. The quantitative estimate of drug-likeness (QED) is 0.905. The third-order valence-electron chi connectivity index (χ3n) is 4.20. The van der Waals surface area contributed by atoms with Gasteiger partial charge in [-0.1, -0.05) is 24.3 Å². The number of benzene rings is 1. The molecule has 1 aromatic carbocycles. The minimum Gasteiger partial charge on any atom is -0.338 e. The molecule has 0 unspecified atom stereocenters. The summed E-state index contributed by atoms with van der Waals surface area (Å²) in [5, 5.41) is 7.61. The fraction of sp³-hybridized carbons (Fsp3) is 0.467. The van der Waals surface area contributed by atoms with E-state index in [1.165, 1.54) is 24.0 Å². The first-order chi connectivity index (χ1) is 9.90. The zero-order valence-electron chi connectivity index (χ0n) is 11.4. The molecule has 20 heavy (non-hydrogen) atoms. The summed E-state index contributed by atoms with van der Waals surface area (Å²) in [7, 11) is 0. The number of rotatable bonds is 2. The van der Waals surface area contributed by atoms with E-state index in [-0.39, 0.29) is 6.04 Å². The second kappa shape index (κ2) is 4.90. The number of anilines is 1. The van der Waals surface area contributed by atoms with E-state index in [2.05, 4.69) is 44.6 Å². The summed E-state index contributed by atoms with van der Waals surface area (Å²) in [6.45, 7) is 2.95. The van der Waals surface area contributed by atoms with Crippen LogP contribution in [0.15, 0.2) is 28.8 Å². The molecule has 1 saturated heterocycles. The lowest BCUT2D eigenvalue weighted by atomic mass is 9.96. The van der Waals surface area contributed by atoms with E-state index < -0.39 is 0 Å². The maximum absolute atomic E-state index is 5.47. The van der Waals surface area contributed by atoms with Crippen molar-refractivity contribution in [3.8, 4) is 0 Å². The van der Waals surface area contributed by atoms with Gasteiger partial charge in [0.25, 0.3) is 5.95 Å². The summed E-state index contributed by atoms with van der Waals surface area (Å²) in [6.07, 6.45) is 3.36. The van der Waals surface area contributed by atoms with Crippen LogP contribution in [0.4, 0.5) is 5.95 Å². The topological polar surface area (TPSA) is 54.2 Å². The smallest absolute Gasteiger partial charge is 0.266 e. The minimum absolute atomic E-state index is 0.133. The van der Waals surface area contributed by atoms with Gasteiger partial charge in [0.1, 0.15) is 0 Å². The lowest BCUT2D eigenvalue weighted by Gasteiger charge is -2.23. The summed E-state index contributed by atoms with van der Waals surface area (Å²) in [5.41, 5.74) is 2.74. The van der Waals surface area contributed by atoms with Crippen LogP contribution in [0.5, 0.6) is 0 Å². The van der Waals surface area contributed by atoms with Crippen molar-refractivity contribution >= 4 is 5.95 Å². The number of aromatic nitrogens is 2. The van der Waals surface area contributed by atoms with Gasteiger partial charge in [0, 0.05) is 19.6 Å². The molecule has 0 radical (unpaired) electrons. The summed E-state index contributed by atoms with van der Waals surface area (Å²) in [6, 6.07) is 8.65. The first-order valence-electron chi connectivity index (χ1n) is 7.29. The van der Waals surface area contributed by atoms with Crippen molar-refractivity contribution in [3.63, 3.8) is 0 Å². The number of fused-ring (bicyclic) bond motifs is 1. The molecular formula is C15H18N4O. The van der Waals surface area contributed by atoms with Crippen LogP contribution in [-0.2, 0) is 13.0 Å². The molecule has 2 aliphatic rings. The molecule has 1 aromatic heterocycles. The van der Waals surface area contributed by atoms with Crippen LogP contribution < -0.4 is 10.2 Å². The molecule has 0 bridgehead atoms. The fourth-order valence-corrected chi connectivity index (χ4v) is 3.04. The van der Waals surface area contributed by atoms with E-state index in [0.717, 1.165) is 32.0 Å². The maximum Gasteiger partial charge on any atom is 0.266 e. The highest BCUT2D eigenvalue weighted by Gasteiger charge is 2.26. The van der Waals surface area contributed by atoms with Gasteiger partial charge in [-0.2, -0.15) is 4.98 Å². The lowest BCUT2D eigenvalue weighted by molar-refractivity contribution is 0.321. The Morgan fingerprint density at radius 2 is 1.95 bits per heavy atom. The third-order valence-corrected chi connectivity index (χ3v) is 4.20. The van der Waals surface area contributed by atoms with E-state index in [0.29, 0.717) is 5.89 Å². The highest BCUT2D eigenvalue weighted by atomic mass is 16.5. The van der Waals surface area contributed by atoms with Crippen molar-refractivity contribution in [2.45, 2.75) is 31.8 Å². The highest BCUT2D eigenvalue weighted by molar-refractivity contribution is 5.32. The van der Waals surface area contributed by atoms with Crippen LogP contribution in [0.3, 0.4) is 0 Å². The SMILES string of the molecule is c1ccc2c(c1)CN[C@@H](c1nc(N3CCCC3)no1)C2. The summed E-state index contributed by atoms with van der Waals surface area (Å²) >= 11 is 0. The molecule has 104 valence electrons. The fourth-order valence-electron chi connectivity index (χ4n) is 3.04. The van der Waals surface area contributed by atoms with Crippen LogP contribution in [0.2, 0.25) is 0 Å². The highest BCUT2D eigenvalue weighted by Crippen LogP contribution is 2.26. The summed E-state index contributed by atoms with van der Waals surface area (Å²) in [5.74, 6) is 1.46. The average Bonchev–Trinajstić information content (AvgIpc) is 3.17. The van der Waals surface area contributed by atoms with Crippen LogP contribution in [0.1, 0.15) is 35.9 Å². The van der Waals surface area contributed by atoms with Gasteiger partial charge in [0.2, 0.25) is 5.89 Å². The Kier molecular flexibility index (Phi) is 2.92. The van der Waals surface area contributed by atoms with E-state index >= 15 is 0 Å². The molecule has 4 rings (SSSR count). The largest absolute Gasteiger partial charge is 0.338 e. The Labute approximate surface area is 118 Å². The van der Waals surface area contributed by atoms with Crippen molar-refractivity contribution < 1.29 is 4.52 Å². The first-order valence-corrected chi connectivity index (χ1v) is 7.29. The van der Waals surface area contributed by atoms with E-state index in [4.69, 9.17) is 4.52 Å². The third kappa shape index (κ3) is 2.08. The van der Waals surface area contributed by atoms with E-state index in [1.54, 1.807) is 0 Å². The molecule has 1 N–H and O–H groups in total. The Morgan fingerprint density at radius 3 is 2.80 bits per heavy atom. The molecule has 1 fully saturated rings. The van der Waals surface area contributed by atoms with Crippen molar-refractivity contribution in [1.82, 2.24) is 15.5 Å². The van der Waals surface area contributed by atoms with Gasteiger partial charge in [-0.3, -0.25) is 0 Å². The van der Waals surface area contributed by atoms with Crippen molar-refractivity contribution in [3.05, 3.63) is 41.3 Å². The Morgan fingerprint density at radius 1 is 1.15 bits per heavy atom. The standard InChI is InChI=1S/C15H18N4O/c1-2-6-12-10-16-13(9-11(12)5-1)14-17-15(18-20-14)19-7-3-4-8-19/h1-2,5-6,13,16H,3-4,7-10H2/t13-/m1/s1. The van der Waals surface area contributed by atoms with Gasteiger partial charge < -0.3 is 14.7 Å². The number of hydrogen-bond acceptors (Lipinski definition) is 5. The second-order valence-electron chi connectivity index (χ2n) is 5.53. The molecule has 2 aromatic rings. The van der Waals surface area contributed by atoms with Gasteiger partial charge in [-0.15, -0.1) is 0 Å². The van der Waals surface area contributed by atoms with Crippen LogP contribution in [0.25, 0.3) is 0 Å². The van der Waals surface area contributed by atoms with Gasteiger partial charge >= 0.3 is 0 Å². The van der Waals surface area contributed by atoms with E-state index in [9.17, 15) is 0 Å². The molecule has 2 aliphatic heterocycles. The maximum atomic E-state index is 5.47. The zero-order valence-corrected chi connectivity index (χ0v) is 11.4. The van der Waals surface area contributed by atoms with Gasteiger partial charge in [0.05, 0.1) is 6.04 Å². The molecule has 0 spiro atoms. The average molecular weight is 270 g/mol. The molecule has 0 aliphatic carbocycles. The van der Waals surface area contributed by atoms with Crippen LogP contribution in [-0.4, -0.2) is 23.2 Å².